The molecule has 0 aromatic heterocycles. The Balaban J connectivity index is 2.58. The van der Waals surface area contributed by atoms with Gasteiger partial charge in [-0.3, -0.25) is 10.1 Å². The number of nitriles is 1. The molecule has 0 radical (unpaired) electrons. The van der Waals surface area contributed by atoms with Crippen molar-refractivity contribution in [3.8, 4) is 6.07 Å². The number of aryl methyl sites for hydroxylation is 1. The first-order valence-corrected chi connectivity index (χ1v) is 5.52. The predicted octanol–water partition coefficient (Wildman–Crippen LogP) is 1.71. The molecule has 1 aromatic rings. The highest BCUT2D eigenvalue weighted by molar-refractivity contribution is 5.71. The van der Waals surface area contributed by atoms with Gasteiger partial charge in [0.1, 0.15) is 6.04 Å². The Bertz CT molecular complexity index is 406. The fourth-order valence-corrected chi connectivity index (χ4v) is 1.39. The average Bonchev–Trinajstić information content (AvgIpc) is 2.32. The standard InChI is InChI=1S/C13H16N2O2/c1-3-17-13(16)9-15-12(8-14)11-6-4-10(2)5-7-11/h4-7,12,15H,3,9H2,1-2H3/t12-/m0/s1. The van der Waals surface area contributed by atoms with Gasteiger partial charge in [0.15, 0.2) is 0 Å². The maximum atomic E-state index is 11.2. The fraction of sp³-hybridized carbons (Fsp3) is 0.385. The molecule has 1 aromatic carbocycles. The van der Waals surface area contributed by atoms with Crippen molar-refractivity contribution < 1.29 is 9.53 Å². The number of benzene rings is 1. The topological polar surface area (TPSA) is 62.1 Å². The fourth-order valence-electron chi connectivity index (χ4n) is 1.39. The SMILES string of the molecule is CCOC(=O)CN[C@@H](C#N)c1ccc(C)cc1. The van der Waals surface area contributed by atoms with Crippen LogP contribution in [-0.2, 0) is 9.53 Å². The van der Waals surface area contributed by atoms with Crippen molar-refractivity contribution in [1.29, 1.82) is 5.26 Å². The molecule has 1 atom stereocenters. The van der Waals surface area contributed by atoms with Gasteiger partial charge in [0, 0.05) is 0 Å². The number of esters is 1. The molecule has 0 aliphatic rings. The predicted molar refractivity (Wildman–Crippen MR) is 64.2 cm³/mol. The maximum absolute atomic E-state index is 11.2. The highest BCUT2D eigenvalue weighted by Crippen LogP contribution is 2.12. The van der Waals surface area contributed by atoms with E-state index in [0.29, 0.717) is 6.61 Å². The van der Waals surface area contributed by atoms with Gasteiger partial charge in [0.2, 0.25) is 0 Å². The molecule has 0 saturated heterocycles. The van der Waals surface area contributed by atoms with E-state index in [4.69, 9.17) is 10.00 Å². The van der Waals surface area contributed by atoms with E-state index in [1.54, 1.807) is 6.92 Å². The molecule has 1 N–H and O–H groups in total. The highest BCUT2D eigenvalue weighted by atomic mass is 16.5. The summed E-state index contributed by atoms with van der Waals surface area (Å²) in [6, 6.07) is 9.26. The lowest BCUT2D eigenvalue weighted by Gasteiger charge is -2.11. The first-order chi connectivity index (χ1) is 8.17. The second-order valence-electron chi connectivity index (χ2n) is 3.66. The molecule has 4 heteroatoms. The minimum atomic E-state index is -0.486. The molecule has 17 heavy (non-hydrogen) atoms. The summed E-state index contributed by atoms with van der Waals surface area (Å²) in [6.45, 7) is 4.12. The molecule has 0 saturated carbocycles. The number of carbonyl (C=O) groups excluding carboxylic acids is 1. The van der Waals surface area contributed by atoms with Gasteiger partial charge < -0.3 is 4.74 Å². The van der Waals surface area contributed by atoms with Crippen molar-refractivity contribution in [2.45, 2.75) is 19.9 Å². The van der Waals surface area contributed by atoms with Crippen molar-refractivity contribution in [3.63, 3.8) is 0 Å². The molecular weight excluding hydrogens is 216 g/mol. The molecule has 0 aliphatic heterocycles. The lowest BCUT2D eigenvalue weighted by molar-refractivity contribution is -0.142. The third kappa shape index (κ3) is 4.25. The van der Waals surface area contributed by atoms with Gasteiger partial charge in [-0.15, -0.1) is 0 Å². The Morgan fingerprint density at radius 1 is 1.47 bits per heavy atom. The van der Waals surface area contributed by atoms with E-state index in [1.165, 1.54) is 0 Å². The summed E-state index contributed by atoms with van der Waals surface area (Å²) in [4.78, 5) is 11.2. The molecule has 0 amide bonds. The van der Waals surface area contributed by atoms with Crippen LogP contribution in [0.1, 0.15) is 24.1 Å². The monoisotopic (exact) mass is 232 g/mol. The first kappa shape index (κ1) is 13.2. The summed E-state index contributed by atoms with van der Waals surface area (Å²) in [6.07, 6.45) is 0. The minimum absolute atomic E-state index is 0.0416. The van der Waals surface area contributed by atoms with E-state index in [9.17, 15) is 4.79 Å². The number of nitrogens with one attached hydrogen (secondary N) is 1. The Hall–Kier alpha value is -1.86. The molecule has 0 spiro atoms. The van der Waals surface area contributed by atoms with Gasteiger partial charge in [-0.2, -0.15) is 5.26 Å². The van der Waals surface area contributed by atoms with E-state index in [0.717, 1.165) is 11.1 Å². The molecule has 4 nitrogen and oxygen atoms in total. The first-order valence-electron chi connectivity index (χ1n) is 5.52. The third-order valence-corrected chi connectivity index (χ3v) is 2.30. The number of hydrogen-bond acceptors (Lipinski definition) is 4. The van der Waals surface area contributed by atoms with E-state index in [1.807, 2.05) is 31.2 Å². The van der Waals surface area contributed by atoms with Crippen LogP contribution in [0.4, 0.5) is 0 Å². The maximum Gasteiger partial charge on any atom is 0.319 e. The number of carbonyl (C=O) groups is 1. The zero-order chi connectivity index (χ0) is 12.7. The van der Waals surface area contributed by atoms with Crippen LogP contribution in [0.3, 0.4) is 0 Å². The molecule has 0 unspecified atom stereocenters. The summed E-state index contributed by atoms with van der Waals surface area (Å²) in [5.41, 5.74) is 1.98. The Kier molecular flexibility index (Phi) is 5.18. The molecule has 90 valence electrons. The van der Waals surface area contributed by atoms with Gasteiger partial charge in [0.05, 0.1) is 19.2 Å². The summed E-state index contributed by atoms with van der Waals surface area (Å²) < 4.78 is 4.78. The number of ether oxygens (including phenoxy) is 1. The summed E-state index contributed by atoms with van der Waals surface area (Å²) >= 11 is 0. The van der Waals surface area contributed by atoms with Crippen LogP contribution in [0.2, 0.25) is 0 Å². The zero-order valence-electron chi connectivity index (χ0n) is 10.1. The van der Waals surface area contributed by atoms with Crippen LogP contribution in [0.25, 0.3) is 0 Å². The van der Waals surface area contributed by atoms with E-state index >= 15 is 0 Å². The lowest BCUT2D eigenvalue weighted by Crippen LogP contribution is -2.28. The zero-order valence-corrected chi connectivity index (χ0v) is 10.1. The lowest BCUT2D eigenvalue weighted by atomic mass is 10.1. The summed E-state index contributed by atoms with van der Waals surface area (Å²) in [7, 11) is 0. The molecule has 0 bridgehead atoms. The quantitative estimate of drug-likeness (QED) is 0.785. The van der Waals surface area contributed by atoms with Crippen LogP contribution in [-0.4, -0.2) is 19.1 Å². The van der Waals surface area contributed by atoms with Crippen molar-refractivity contribution in [2.24, 2.45) is 0 Å². The van der Waals surface area contributed by atoms with Crippen LogP contribution in [0.15, 0.2) is 24.3 Å². The Labute approximate surface area is 101 Å². The molecule has 0 heterocycles. The largest absolute Gasteiger partial charge is 0.465 e. The molecule has 1 rings (SSSR count). The van der Waals surface area contributed by atoms with E-state index < -0.39 is 6.04 Å². The van der Waals surface area contributed by atoms with Crippen molar-refractivity contribution in [1.82, 2.24) is 5.32 Å². The van der Waals surface area contributed by atoms with Gasteiger partial charge in [-0.25, -0.2) is 0 Å². The van der Waals surface area contributed by atoms with Gasteiger partial charge >= 0.3 is 5.97 Å². The molecular formula is C13H16N2O2. The van der Waals surface area contributed by atoms with Crippen molar-refractivity contribution in [2.75, 3.05) is 13.2 Å². The van der Waals surface area contributed by atoms with Crippen LogP contribution >= 0.6 is 0 Å². The molecule has 0 aliphatic carbocycles. The number of nitrogens with zero attached hydrogens (tertiary/aromatic N) is 1. The third-order valence-electron chi connectivity index (χ3n) is 2.30. The summed E-state index contributed by atoms with van der Waals surface area (Å²) in [5, 5.41) is 11.9. The van der Waals surface area contributed by atoms with Crippen LogP contribution in [0.5, 0.6) is 0 Å². The number of hydrogen-bond donors (Lipinski definition) is 1. The Morgan fingerprint density at radius 3 is 2.65 bits per heavy atom. The minimum Gasteiger partial charge on any atom is -0.465 e. The van der Waals surface area contributed by atoms with E-state index in [2.05, 4.69) is 11.4 Å². The second-order valence-corrected chi connectivity index (χ2v) is 3.66. The average molecular weight is 232 g/mol. The van der Waals surface area contributed by atoms with Crippen LogP contribution < -0.4 is 5.32 Å². The summed E-state index contributed by atoms with van der Waals surface area (Å²) in [5.74, 6) is -0.347. The normalized spacial score (nSPS) is 11.6. The van der Waals surface area contributed by atoms with E-state index in [-0.39, 0.29) is 12.5 Å². The van der Waals surface area contributed by atoms with Gasteiger partial charge in [-0.05, 0) is 19.4 Å². The molecule has 0 fully saturated rings. The Morgan fingerprint density at radius 2 is 2.12 bits per heavy atom. The highest BCUT2D eigenvalue weighted by Gasteiger charge is 2.11. The van der Waals surface area contributed by atoms with Gasteiger partial charge in [0.25, 0.3) is 0 Å². The van der Waals surface area contributed by atoms with Crippen molar-refractivity contribution in [3.05, 3.63) is 35.4 Å². The van der Waals surface area contributed by atoms with Crippen molar-refractivity contribution >= 4 is 5.97 Å². The van der Waals surface area contributed by atoms with Gasteiger partial charge in [-0.1, -0.05) is 29.8 Å². The second kappa shape index (κ2) is 6.66. The van der Waals surface area contributed by atoms with Crippen LogP contribution in [0, 0.1) is 18.3 Å². The smallest absolute Gasteiger partial charge is 0.319 e. The number of rotatable bonds is 5.